The van der Waals surface area contributed by atoms with Crippen LogP contribution in [0, 0.1) is 19.7 Å². The normalized spacial score (nSPS) is 15.3. The minimum Gasteiger partial charge on any atom is -0.378 e. The number of aromatic nitrogens is 2. The van der Waals surface area contributed by atoms with Crippen molar-refractivity contribution in [2.45, 2.75) is 13.8 Å². The second-order valence-electron chi connectivity index (χ2n) is 5.25. The smallest absolute Gasteiger partial charge is 0.226 e. The quantitative estimate of drug-likeness (QED) is 0.851. The first-order valence-electron chi connectivity index (χ1n) is 7.08. The predicted molar refractivity (Wildman–Crippen MR) is 79.9 cm³/mol. The lowest BCUT2D eigenvalue weighted by atomic mass is 10.0. The molecule has 4 nitrogen and oxygen atoms in total. The topological polar surface area (TPSA) is 38.2 Å². The lowest BCUT2D eigenvalue weighted by Gasteiger charge is -2.27. The Morgan fingerprint density at radius 1 is 1.10 bits per heavy atom. The van der Waals surface area contributed by atoms with E-state index in [9.17, 15) is 4.39 Å². The highest BCUT2D eigenvalue weighted by atomic mass is 19.1. The molecule has 1 saturated heterocycles. The van der Waals surface area contributed by atoms with Crippen LogP contribution in [0.15, 0.2) is 24.3 Å². The molecule has 21 heavy (non-hydrogen) atoms. The van der Waals surface area contributed by atoms with E-state index in [1.54, 1.807) is 6.07 Å². The van der Waals surface area contributed by atoms with E-state index in [2.05, 4.69) is 14.9 Å². The first-order chi connectivity index (χ1) is 10.1. The van der Waals surface area contributed by atoms with Gasteiger partial charge < -0.3 is 9.64 Å². The van der Waals surface area contributed by atoms with Crippen molar-refractivity contribution in [1.82, 2.24) is 9.97 Å². The largest absolute Gasteiger partial charge is 0.378 e. The number of aryl methyl sites for hydroxylation is 2. The van der Waals surface area contributed by atoms with Gasteiger partial charge in [0.05, 0.1) is 18.9 Å². The average Bonchev–Trinajstić information content (AvgIpc) is 2.50. The van der Waals surface area contributed by atoms with Crippen molar-refractivity contribution < 1.29 is 9.13 Å². The van der Waals surface area contributed by atoms with Crippen molar-refractivity contribution in [1.29, 1.82) is 0 Å². The average molecular weight is 287 g/mol. The van der Waals surface area contributed by atoms with Gasteiger partial charge in [-0.15, -0.1) is 0 Å². The molecule has 0 radical (unpaired) electrons. The number of nitrogens with zero attached hydrogens (tertiary/aromatic N) is 3. The number of halogens is 1. The molecule has 0 aliphatic carbocycles. The van der Waals surface area contributed by atoms with Gasteiger partial charge in [0.15, 0.2) is 0 Å². The minimum atomic E-state index is -0.250. The predicted octanol–water partition coefficient (Wildman–Crippen LogP) is 2.74. The third kappa shape index (κ3) is 3.03. The molecule has 0 saturated carbocycles. The fourth-order valence-corrected chi connectivity index (χ4v) is 2.47. The highest BCUT2D eigenvalue weighted by molar-refractivity contribution is 5.65. The molecule has 0 N–H and O–H groups in total. The van der Waals surface area contributed by atoms with Crippen LogP contribution in [0.2, 0.25) is 0 Å². The molecule has 0 atom stereocenters. The number of hydrogen-bond acceptors (Lipinski definition) is 4. The van der Waals surface area contributed by atoms with Gasteiger partial charge in [-0.1, -0.05) is 6.07 Å². The highest BCUT2D eigenvalue weighted by Crippen LogP contribution is 2.25. The number of anilines is 1. The lowest BCUT2D eigenvalue weighted by molar-refractivity contribution is 0.122. The Bertz CT molecular complexity index is 654. The van der Waals surface area contributed by atoms with Crippen LogP contribution in [-0.4, -0.2) is 36.3 Å². The van der Waals surface area contributed by atoms with Gasteiger partial charge in [0, 0.05) is 24.3 Å². The van der Waals surface area contributed by atoms with E-state index >= 15 is 0 Å². The van der Waals surface area contributed by atoms with Crippen LogP contribution >= 0.6 is 0 Å². The molecule has 0 amide bonds. The van der Waals surface area contributed by atoms with Gasteiger partial charge in [-0.25, -0.2) is 14.4 Å². The SMILES string of the molecule is Cc1cc(-c2cc(F)ccc2C)nc(N2CCOCC2)n1. The summed E-state index contributed by atoms with van der Waals surface area (Å²) in [4.78, 5) is 11.2. The Balaban J connectivity index is 2.02. The molecule has 3 rings (SSSR count). The Morgan fingerprint density at radius 3 is 2.62 bits per heavy atom. The minimum absolute atomic E-state index is 0.250. The molecule has 0 bridgehead atoms. The van der Waals surface area contributed by atoms with E-state index in [1.165, 1.54) is 12.1 Å². The monoisotopic (exact) mass is 287 g/mol. The fourth-order valence-electron chi connectivity index (χ4n) is 2.47. The zero-order valence-electron chi connectivity index (χ0n) is 12.3. The summed E-state index contributed by atoms with van der Waals surface area (Å²) in [7, 11) is 0. The molecule has 1 aliphatic rings. The maximum atomic E-state index is 13.5. The molecule has 0 spiro atoms. The lowest BCUT2D eigenvalue weighted by Crippen LogP contribution is -2.37. The van der Waals surface area contributed by atoms with Crippen LogP contribution < -0.4 is 4.90 Å². The first kappa shape index (κ1) is 13.9. The number of hydrogen-bond donors (Lipinski definition) is 0. The van der Waals surface area contributed by atoms with Crippen molar-refractivity contribution >= 4 is 5.95 Å². The summed E-state index contributed by atoms with van der Waals surface area (Å²) in [6.07, 6.45) is 0. The molecular formula is C16H18FN3O. The second-order valence-corrected chi connectivity index (χ2v) is 5.25. The molecule has 1 aromatic carbocycles. The summed E-state index contributed by atoms with van der Waals surface area (Å²) in [5.74, 6) is 0.441. The number of benzene rings is 1. The zero-order chi connectivity index (χ0) is 14.8. The van der Waals surface area contributed by atoms with Crippen LogP contribution in [-0.2, 0) is 4.74 Å². The van der Waals surface area contributed by atoms with E-state index in [0.29, 0.717) is 19.2 Å². The summed E-state index contributed by atoms with van der Waals surface area (Å²) in [6, 6.07) is 6.66. The summed E-state index contributed by atoms with van der Waals surface area (Å²) in [5.41, 5.74) is 3.46. The standard InChI is InChI=1S/C16H18FN3O/c1-11-3-4-13(17)10-14(11)15-9-12(2)18-16(19-15)20-5-7-21-8-6-20/h3-4,9-10H,5-8H2,1-2H3. The van der Waals surface area contributed by atoms with Gasteiger partial charge in [-0.2, -0.15) is 0 Å². The third-order valence-electron chi connectivity index (χ3n) is 3.61. The first-order valence-corrected chi connectivity index (χ1v) is 7.08. The van der Waals surface area contributed by atoms with Crippen LogP contribution in [0.1, 0.15) is 11.3 Å². The van der Waals surface area contributed by atoms with E-state index < -0.39 is 0 Å². The van der Waals surface area contributed by atoms with Crippen molar-refractivity contribution in [2.24, 2.45) is 0 Å². The van der Waals surface area contributed by atoms with E-state index in [0.717, 1.165) is 35.6 Å². The third-order valence-corrected chi connectivity index (χ3v) is 3.61. The van der Waals surface area contributed by atoms with Gasteiger partial charge in [0.25, 0.3) is 0 Å². The summed E-state index contributed by atoms with van der Waals surface area (Å²) in [6.45, 7) is 6.83. The Hall–Kier alpha value is -2.01. The molecular weight excluding hydrogens is 269 g/mol. The number of ether oxygens (including phenoxy) is 1. The van der Waals surface area contributed by atoms with Crippen molar-refractivity contribution in [2.75, 3.05) is 31.2 Å². The van der Waals surface area contributed by atoms with Crippen LogP contribution in [0.5, 0.6) is 0 Å². The molecule has 1 aromatic heterocycles. The maximum absolute atomic E-state index is 13.5. The fraction of sp³-hybridized carbons (Fsp3) is 0.375. The van der Waals surface area contributed by atoms with Gasteiger partial charge in [-0.05, 0) is 37.6 Å². The van der Waals surface area contributed by atoms with Gasteiger partial charge in [0.1, 0.15) is 5.82 Å². The summed E-state index contributed by atoms with van der Waals surface area (Å²) in [5, 5.41) is 0. The van der Waals surface area contributed by atoms with E-state index in [-0.39, 0.29) is 5.82 Å². The van der Waals surface area contributed by atoms with E-state index in [4.69, 9.17) is 4.74 Å². The molecule has 2 heterocycles. The molecule has 0 unspecified atom stereocenters. The molecule has 1 aliphatic heterocycles. The second kappa shape index (κ2) is 5.77. The van der Waals surface area contributed by atoms with Gasteiger partial charge >= 0.3 is 0 Å². The molecule has 2 aromatic rings. The molecule has 5 heteroatoms. The highest BCUT2D eigenvalue weighted by Gasteiger charge is 2.16. The Labute approximate surface area is 123 Å². The number of rotatable bonds is 2. The summed E-state index contributed by atoms with van der Waals surface area (Å²) >= 11 is 0. The van der Waals surface area contributed by atoms with Crippen molar-refractivity contribution in [3.63, 3.8) is 0 Å². The van der Waals surface area contributed by atoms with Gasteiger partial charge in [-0.3, -0.25) is 0 Å². The van der Waals surface area contributed by atoms with Crippen LogP contribution in [0.3, 0.4) is 0 Å². The van der Waals surface area contributed by atoms with Crippen molar-refractivity contribution in [3.8, 4) is 11.3 Å². The van der Waals surface area contributed by atoms with Crippen LogP contribution in [0.25, 0.3) is 11.3 Å². The zero-order valence-corrected chi connectivity index (χ0v) is 12.3. The Morgan fingerprint density at radius 2 is 1.86 bits per heavy atom. The Kier molecular flexibility index (Phi) is 3.84. The van der Waals surface area contributed by atoms with Crippen LogP contribution in [0.4, 0.5) is 10.3 Å². The van der Waals surface area contributed by atoms with Gasteiger partial charge in [0.2, 0.25) is 5.95 Å². The molecule has 1 fully saturated rings. The summed E-state index contributed by atoms with van der Waals surface area (Å²) < 4.78 is 18.9. The van der Waals surface area contributed by atoms with E-state index in [1.807, 2.05) is 19.9 Å². The number of morpholine rings is 1. The maximum Gasteiger partial charge on any atom is 0.226 e. The molecule has 110 valence electrons. The van der Waals surface area contributed by atoms with Crippen molar-refractivity contribution in [3.05, 3.63) is 41.3 Å².